The summed E-state index contributed by atoms with van der Waals surface area (Å²) in [6.45, 7) is 7.83. The molecule has 0 bridgehead atoms. The second-order valence-corrected chi connectivity index (χ2v) is 3.83. The first-order chi connectivity index (χ1) is 7.10. The quantitative estimate of drug-likeness (QED) is 0.405. The monoisotopic (exact) mass is 214 g/mol. The highest BCUT2D eigenvalue weighted by atomic mass is 16.6. The molecule has 1 saturated heterocycles. The van der Waals surface area contributed by atoms with Crippen LogP contribution >= 0.6 is 0 Å². The number of aliphatic hydroxyl groups excluding tert-OH is 1. The van der Waals surface area contributed by atoms with Gasteiger partial charge in [0.25, 0.3) is 0 Å². The number of hydrogen-bond donors (Lipinski definition) is 1. The summed E-state index contributed by atoms with van der Waals surface area (Å²) in [6.07, 6.45) is 0.552. The van der Waals surface area contributed by atoms with Gasteiger partial charge in [-0.05, 0) is 19.3 Å². The van der Waals surface area contributed by atoms with E-state index in [1.165, 1.54) is 0 Å². The molecule has 1 aliphatic heterocycles. The highest BCUT2D eigenvalue weighted by Gasteiger charge is 2.42. The lowest BCUT2D eigenvalue weighted by Gasteiger charge is -2.09. The molecule has 0 aromatic heterocycles. The molecule has 3 atom stereocenters. The molecule has 4 heteroatoms. The Bertz CT molecular complexity index is 249. The van der Waals surface area contributed by atoms with Gasteiger partial charge in [-0.2, -0.15) is 0 Å². The molecule has 86 valence electrons. The number of epoxide rings is 1. The van der Waals surface area contributed by atoms with Crippen molar-refractivity contribution in [1.29, 1.82) is 0 Å². The van der Waals surface area contributed by atoms with Crippen LogP contribution in [0.1, 0.15) is 20.3 Å². The lowest BCUT2D eigenvalue weighted by atomic mass is 9.97. The fraction of sp³-hybridized carbons (Fsp3) is 0.727. The molecule has 0 spiro atoms. The van der Waals surface area contributed by atoms with Gasteiger partial charge in [0.15, 0.2) is 0 Å². The second-order valence-electron chi connectivity index (χ2n) is 3.83. The molecule has 0 saturated carbocycles. The highest BCUT2D eigenvalue weighted by molar-refractivity contribution is 5.87. The van der Waals surface area contributed by atoms with Gasteiger partial charge >= 0.3 is 5.97 Å². The molecule has 0 aromatic rings. The van der Waals surface area contributed by atoms with Gasteiger partial charge in [-0.3, -0.25) is 0 Å². The van der Waals surface area contributed by atoms with E-state index in [-0.39, 0.29) is 30.7 Å². The van der Waals surface area contributed by atoms with Crippen LogP contribution in [0.5, 0.6) is 0 Å². The third-order valence-corrected chi connectivity index (χ3v) is 2.50. The molecule has 1 rings (SSSR count). The van der Waals surface area contributed by atoms with E-state index in [0.29, 0.717) is 18.6 Å². The average Bonchev–Trinajstić information content (AvgIpc) is 2.96. The summed E-state index contributed by atoms with van der Waals surface area (Å²) in [5.74, 6) is -0.149. The molecule has 1 heterocycles. The van der Waals surface area contributed by atoms with Crippen molar-refractivity contribution in [2.45, 2.75) is 32.5 Å². The zero-order valence-electron chi connectivity index (χ0n) is 9.23. The van der Waals surface area contributed by atoms with Crippen LogP contribution < -0.4 is 0 Å². The molecule has 0 aliphatic carbocycles. The lowest BCUT2D eigenvalue weighted by Crippen LogP contribution is -2.14. The standard InChI is InChI=1S/C11H18O4/c1-4-14-11(13)8(3)5-7(2)10-9(6-12)15-10/h7,9-10,12H,3-6H2,1-2H3/t7-,9-,10+/m1/s1. The molecule has 0 amide bonds. The summed E-state index contributed by atoms with van der Waals surface area (Å²) in [5.41, 5.74) is 0.469. The number of rotatable bonds is 6. The van der Waals surface area contributed by atoms with Crippen molar-refractivity contribution in [1.82, 2.24) is 0 Å². The Morgan fingerprint density at radius 2 is 2.33 bits per heavy atom. The Balaban J connectivity index is 2.29. The minimum Gasteiger partial charge on any atom is -0.463 e. The Kier molecular flexibility index (Phi) is 4.29. The minimum absolute atomic E-state index is 0.0425. The molecule has 4 nitrogen and oxygen atoms in total. The normalized spacial score (nSPS) is 25.8. The van der Waals surface area contributed by atoms with Gasteiger partial charge in [0.2, 0.25) is 0 Å². The molecule has 1 fully saturated rings. The molecule has 1 N–H and O–H groups in total. The Morgan fingerprint density at radius 3 is 2.80 bits per heavy atom. The smallest absolute Gasteiger partial charge is 0.333 e. The molecular formula is C11H18O4. The van der Waals surface area contributed by atoms with E-state index in [9.17, 15) is 4.79 Å². The molecule has 0 unspecified atom stereocenters. The Hall–Kier alpha value is -0.870. The number of carbonyl (C=O) groups excluding carboxylic acids is 1. The van der Waals surface area contributed by atoms with Crippen molar-refractivity contribution in [3.8, 4) is 0 Å². The SMILES string of the molecule is C=C(C[C@@H](C)[C@@H]1O[C@@H]1CO)C(=O)OCC. The van der Waals surface area contributed by atoms with Crippen molar-refractivity contribution in [2.75, 3.05) is 13.2 Å². The fourth-order valence-corrected chi connectivity index (χ4v) is 1.63. The van der Waals surface area contributed by atoms with Crippen LogP contribution in [0.3, 0.4) is 0 Å². The first kappa shape index (κ1) is 12.2. The molecule has 0 aromatic carbocycles. The van der Waals surface area contributed by atoms with Crippen molar-refractivity contribution in [3.63, 3.8) is 0 Å². The van der Waals surface area contributed by atoms with Crippen LogP contribution in [-0.4, -0.2) is 36.5 Å². The highest BCUT2D eigenvalue weighted by Crippen LogP contribution is 2.32. The first-order valence-corrected chi connectivity index (χ1v) is 5.21. The topological polar surface area (TPSA) is 59.1 Å². The first-order valence-electron chi connectivity index (χ1n) is 5.21. The van der Waals surface area contributed by atoms with Gasteiger partial charge in [0.1, 0.15) is 6.10 Å². The van der Waals surface area contributed by atoms with Crippen LogP contribution in [0.4, 0.5) is 0 Å². The van der Waals surface area contributed by atoms with Crippen LogP contribution in [-0.2, 0) is 14.3 Å². The van der Waals surface area contributed by atoms with E-state index in [0.717, 1.165) is 0 Å². The van der Waals surface area contributed by atoms with Crippen molar-refractivity contribution in [2.24, 2.45) is 5.92 Å². The third-order valence-electron chi connectivity index (χ3n) is 2.50. The summed E-state index contributed by atoms with van der Waals surface area (Å²) in [5, 5.41) is 8.81. The van der Waals surface area contributed by atoms with Crippen LogP contribution in [0.2, 0.25) is 0 Å². The second kappa shape index (κ2) is 5.28. The van der Waals surface area contributed by atoms with Crippen LogP contribution in [0.25, 0.3) is 0 Å². The number of esters is 1. The van der Waals surface area contributed by atoms with Crippen molar-refractivity contribution < 1.29 is 19.4 Å². The maximum absolute atomic E-state index is 11.3. The number of hydrogen-bond acceptors (Lipinski definition) is 4. The zero-order chi connectivity index (χ0) is 11.4. The van der Waals surface area contributed by atoms with Gasteiger partial charge in [-0.15, -0.1) is 0 Å². The minimum atomic E-state index is -0.342. The van der Waals surface area contributed by atoms with Gasteiger partial charge in [-0.1, -0.05) is 13.5 Å². The van der Waals surface area contributed by atoms with Crippen LogP contribution in [0, 0.1) is 5.92 Å². The van der Waals surface area contributed by atoms with Gasteiger partial charge in [-0.25, -0.2) is 4.79 Å². The maximum Gasteiger partial charge on any atom is 0.333 e. The average molecular weight is 214 g/mol. The molecular weight excluding hydrogens is 196 g/mol. The molecule has 1 aliphatic rings. The van der Waals surface area contributed by atoms with E-state index < -0.39 is 0 Å². The van der Waals surface area contributed by atoms with Crippen molar-refractivity contribution >= 4 is 5.97 Å². The third kappa shape index (κ3) is 3.32. The fourth-order valence-electron chi connectivity index (χ4n) is 1.63. The summed E-state index contributed by atoms with van der Waals surface area (Å²) < 4.78 is 10.1. The Labute approximate surface area is 89.9 Å². The largest absolute Gasteiger partial charge is 0.463 e. The van der Waals surface area contributed by atoms with Crippen molar-refractivity contribution in [3.05, 3.63) is 12.2 Å². The summed E-state index contributed by atoms with van der Waals surface area (Å²) in [7, 11) is 0. The number of aliphatic hydroxyl groups is 1. The predicted octanol–water partition coefficient (Wildman–Crippen LogP) is 0.892. The van der Waals surface area contributed by atoms with E-state index in [1.807, 2.05) is 6.92 Å². The molecule has 15 heavy (non-hydrogen) atoms. The lowest BCUT2D eigenvalue weighted by molar-refractivity contribution is -0.138. The van der Waals surface area contributed by atoms with E-state index in [1.54, 1.807) is 6.92 Å². The number of carbonyl (C=O) groups is 1. The summed E-state index contributed by atoms with van der Waals surface area (Å²) in [6, 6.07) is 0. The van der Waals surface area contributed by atoms with Crippen LogP contribution in [0.15, 0.2) is 12.2 Å². The summed E-state index contributed by atoms with van der Waals surface area (Å²) >= 11 is 0. The van der Waals surface area contributed by atoms with Gasteiger partial charge in [0, 0.05) is 5.57 Å². The zero-order valence-corrected chi connectivity index (χ0v) is 9.23. The van der Waals surface area contributed by atoms with E-state index >= 15 is 0 Å². The number of ether oxygens (including phenoxy) is 2. The van der Waals surface area contributed by atoms with Gasteiger partial charge in [0.05, 0.1) is 19.3 Å². The van der Waals surface area contributed by atoms with E-state index in [2.05, 4.69) is 6.58 Å². The van der Waals surface area contributed by atoms with E-state index in [4.69, 9.17) is 14.6 Å². The Morgan fingerprint density at radius 1 is 1.67 bits per heavy atom. The van der Waals surface area contributed by atoms with Gasteiger partial charge < -0.3 is 14.6 Å². The predicted molar refractivity (Wildman–Crippen MR) is 55.3 cm³/mol. The molecule has 0 radical (unpaired) electrons. The summed E-state index contributed by atoms with van der Waals surface area (Å²) in [4.78, 5) is 11.3. The maximum atomic E-state index is 11.3.